The summed E-state index contributed by atoms with van der Waals surface area (Å²) < 4.78 is 4.75. The number of rotatable bonds is 5. The van der Waals surface area contributed by atoms with Gasteiger partial charge in [-0.25, -0.2) is 0 Å². The fourth-order valence-electron chi connectivity index (χ4n) is 2.33. The summed E-state index contributed by atoms with van der Waals surface area (Å²) in [6.07, 6.45) is 0. The molecule has 0 aliphatic carbocycles. The number of ether oxygens (including phenoxy) is 1. The van der Waals surface area contributed by atoms with Gasteiger partial charge in [0.05, 0.1) is 13.0 Å². The monoisotopic (exact) mass is 242 g/mol. The van der Waals surface area contributed by atoms with E-state index in [2.05, 4.69) is 23.6 Å². The molecule has 0 radical (unpaired) electrons. The van der Waals surface area contributed by atoms with Gasteiger partial charge in [0.1, 0.15) is 0 Å². The average molecular weight is 242 g/mol. The molecule has 1 saturated heterocycles. The number of hydrogen-bond acceptors (Lipinski definition) is 4. The third-order valence-electron chi connectivity index (χ3n) is 3.22. The molecular formula is C13H26N2O2. The Kier molecular flexibility index (Phi) is 5.92. The van der Waals surface area contributed by atoms with E-state index in [1.54, 1.807) is 0 Å². The molecule has 1 unspecified atom stereocenters. The van der Waals surface area contributed by atoms with Crippen LogP contribution in [-0.2, 0) is 9.53 Å². The van der Waals surface area contributed by atoms with E-state index in [1.165, 1.54) is 13.7 Å². The lowest BCUT2D eigenvalue weighted by Gasteiger charge is -2.36. The third kappa shape index (κ3) is 5.04. The lowest BCUT2D eigenvalue weighted by molar-refractivity contribution is -0.145. The smallest absolute Gasteiger partial charge is 0.309 e. The number of methoxy groups -OCH3 is 1. The minimum Gasteiger partial charge on any atom is -0.469 e. The zero-order valence-corrected chi connectivity index (χ0v) is 11.6. The Morgan fingerprint density at radius 2 is 1.53 bits per heavy atom. The van der Waals surface area contributed by atoms with Crippen LogP contribution in [-0.4, -0.2) is 62.1 Å². The highest BCUT2D eigenvalue weighted by Crippen LogP contribution is 2.08. The van der Waals surface area contributed by atoms with Gasteiger partial charge in [0.25, 0.3) is 0 Å². The normalized spacial score (nSPS) is 20.5. The van der Waals surface area contributed by atoms with Crippen molar-refractivity contribution in [2.24, 2.45) is 11.8 Å². The van der Waals surface area contributed by atoms with Gasteiger partial charge in [0.2, 0.25) is 0 Å². The van der Waals surface area contributed by atoms with E-state index in [0.717, 1.165) is 38.6 Å². The second-order valence-corrected chi connectivity index (χ2v) is 5.42. The van der Waals surface area contributed by atoms with Crippen LogP contribution in [0.4, 0.5) is 0 Å². The van der Waals surface area contributed by atoms with Crippen LogP contribution in [0.2, 0.25) is 0 Å². The van der Waals surface area contributed by atoms with E-state index < -0.39 is 0 Å². The summed E-state index contributed by atoms with van der Waals surface area (Å²) in [4.78, 5) is 16.2. The Morgan fingerprint density at radius 1 is 1.06 bits per heavy atom. The molecule has 4 heteroatoms. The molecule has 1 aliphatic heterocycles. The van der Waals surface area contributed by atoms with Crippen LogP contribution in [0.25, 0.3) is 0 Å². The maximum absolute atomic E-state index is 11.3. The van der Waals surface area contributed by atoms with Crippen molar-refractivity contribution in [1.29, 1.82) is 0 Å². The summed E-state index contributed by atoms with van der Waals surface area (Å²) in [5.41, 5.74) is 0. The van der Waals surface area contributed by atoms with Crippen LogP contribution in [0.1, 0.15) is 20.8 Å². The number of carbonyl (C=O) groups is 1. The maximum atomic E-state index is 11.3. The average Bonchev–Trinajstić information content (AvgIpc) is 2.30. The Morgan fingerprint density at radius 3 is 1.94 bits per heavy atom. The van der Waals surface area contributed by atoms with Gasteiger partial charge >= 0.3 is 5.97 Å². The molecule has 4 nitrogen and oxygen atoms in total. The van der Waals surface area contributed by atoms with Gasteiger partial charge in [-0.05, 0) is 5.92 Å². The van der Waals surface area contributed by atoms with E-state index in [9.17, 15) is 4.79 Å². The Labute approximate surface area is 105 Å². The molecule has 0 aromatic rings. The Hall–Kier alpha value is -0.610. The zero-order valence-electron chi connectivity index (χ0n) is 11.6. The van der Waals surface area contributed by atoms with E-state index >= 15 is 0 Å². The highest BCUT2D eigenvalue weighted by molar-refractivity contribution is 5.72. The van der Waals surface area contributed by atoms with E-state index in [0.29, 0.717) is 0 Å². The molecule has 1 rings (SSSR count). The van der Waals surface area contributed by atoms with Crippen molar-refractivity contribution in [3.8, 4) is 0 Å². The lowest BCUT2D eigenvalue weighted by Crippen LogP contribution is -2.49. The number of carbonyl (C=O) groups excluding carboxylic acids is 1. The van der Waals surface area contributed by atoms with Crippen molar-refractivity contribution in [3.63, 3.8) is 0 Å². The molecule has 0 aromatic heterocycles. The predicted octanol–water partition coefficient (Wildman–Crippen LogP) is 1.07. The van der Waals surface area contributed by atoms with E-state index in [1.807, 2.05) is 6.92 Å². The molecule has 1 atom stereocenters. The van der Waals surface area contributed by atoms with Crippen LogP contribution in [0, 0.1) is 11.8 Å². The molecule has 1 heterocycles. The van der Waals surface area contributed by atoms with Gasteiger partial charge in [-0.15, -0.1) is 0 Å². The highest BCUT2D eigenvalue weighted by atomic mass is 16.5. The first-order valence-corrected chi connectivity index (χ1v) is 6.55. The maximum Gasteiger partial charge on any atom is 0.309 e. The van der Waals surface area contributed by atoms with Crippen LogP contribution in [0.5, 0.6) is 0 Å². The van der Waals surface area contributed by atoms with Gasteiger partial charge in [0, 0.05) is 39.3 Å². The number of piperazine rings is 1. The number of hydrogen-bond donors (Lipinski definition) is 0. The summed E-state index contributed by atoms with van der Waals surface area (Å²) >= 11 is 0. The first-order valence-electron chi connectivity index (χ1n) is 6.55. The van der Waals surface area contributed by atoms with Gasteiger partial charge in [-0.3, -0.25) is 9.69 Å². The zero-order chi connectivity index (χ0) is 12.8. The van der Waals surface area contributed by atoms with Crippen molar-refractivity contribution in [2.75, 3.05) is 46.4 Å². The highest BCUT2D eigenvalue weighted by Gasteiger charge is 2.21. The van der Waals surface area contributed by atoms with Crippen LogP contribution in [0.15, 0.2) is 0 Å². The second kappa shape index (κ2) is 6.97. The van der Waals surface area contributed by atoms with Crippen LogP contribution >= 0.6 is 0 Å². The van der Waals surface area contributed by atoms with Crippen molar-refractivity contribution >= 4 is 5.97 Å². The third-order valence-corrected chi connectivity index (χ3v) is 3.22. The Balaban J connectivity index is 2.25. The molecule has 1 fully saturated rings. The quantitative estimate of drug-likeness (QED) is 0.675. The summed E-state index contributed by atoms with van der Waals surface area (Å²) in [5.74, 6) is 0.613. The predicted molar refractivity (Wildman–Crippen MR) is 68.9 cm³/mol. The van der Waals surface area contributed by atoms with Gasteiger partial charge in [0.15, 0.2) is 0 Å². The summed E-state index contributed by atoms with van der Waals surface area (Å²) in [6.45, 7) is 12.8. The molecule has 0 spiro atoms. The van der Waals surface area contributed by atoms with Crippen LogP contribution < -0.4 is 0 Å². The molecule has 0 aromatic carbocycles. The topological polar surface area (TPSA) is 32.8 Å². The number of esters is 1. The number of nitrogens with zero attached hydrogens (tertiary/aromatic N) is 2. The fourth-order valence-corrected chi connectivity index (χ4v) is 2.33. The van der Waals surface area contributed by atoms with Crippen molar-refractivity contribution in [3.05, 3.63) is 0 Å². The molecule has 17 heavy (non-hydrogen) atoms. The molecule has 0 amide bonds. The molecule has 0 saturated carbocycles. The Bertz CT molecular complexity index is 236. The van der Waals surface area contributed by atoms with Crippen molar-refractivity contribution in [1.82, 2.24) is 9.80 Å². The van der Waals surface area contributed by atoms with Gasteiger partial charge < -0.3 is 9.64 Å². The summed E-state index contributed by atoms with van der Waals surface area (Å²) in [7, 11) is 1.46. The minimum atomic E-state index is -0.102. The largest absolute Gasteiger partial charge is 0.469 e. The lowest BCUT2D eigenvalue weighted by atomic mass is 10.1. The first kappa shape index (κ1) is 14.5. The molecule has 100 valence electrons. The SMILES string of the molecule is COC(=O)C(C)CN1CCN(CC(C)C)CC1. The second-order valence-electron chi connectivity index (χ2n) is 5.42. The standard InChI is InChI=1S/C13H26N2O2/c1-11(2)9-14-5-7-15(8-6-14)10-12(3)13(16)17-4/h11-12H,5-10H2,1-4H3. The molecule has 0 N–H and O–H groups in total. The van der Waals surface area contributed by atoms with Crippen molar-refractivity contribution in [2.45, 2.75) is 20.8 Å². The van der Waals surface area contributed by atoms with E-state index in [4.69, 9.17) is 4.74 Å². The molecule has 0 bridgehead atoms. The fraction of sp³-hybridized carbons (Fsp3) is 0.923. The minimum absolute atomic E-state index is 0.0170. The molecular weight excluding hydrogens is 216 g/mol. The first-order chi connectivity index (χ1) is 8.02. The van der Waals surface area contributed by atoms with Gasteiger partial charge in [-0.1, -0.05) is 20.8 Å². The summed E-state index contributed by atoms with van der Waals surface area (Å²) in [6, 6.07) is 0. The molecule has 1 aliphatic rings. The van der Waals surface area contributed by atoms with Gasteiger partial charge in [-0.2, -0.15) is 0 Å². The van der Waals surface area contributed by atoms with Crippen LogP contribution in [0.3, 0.4) is 0 Å². The van der Waals surface area contributed by atoms with E-state index in [-0.39, 0.29) is 11.9 Å². The van der Waals surface area contributed by atoms with Crippen molar-refractivity contribution < 1.29 is 9.53 Å². The summed E-state index contributed by atoms with van der Waals surface area (Å²) in [5, 5.41) is 0.